The van der Waals surface area contributed by atoms with Crippen LogP contribution < -0.4 is 15.0 Å². The van der Waals surface area contributed by atoms with Gasteiger partial charge in [-0.2, -0.15) is 0 Å². The van der Waals surface area contributed by atoms with Crippen molar-refractivity contribution in [1.29, 1.82) is 0 Å². The number of nitrogens with one attached hydrogen (secondary N) is 2. The fraction of sp³-hybridized carbons (Fsp3) is 0.227. The van der Waals surface area contributed by atoms with Crippen molar-refractivity contribution in [3.8, 4) is 5.75 Å². The quantitative estimate of drug-likeness (QED) is 0.684. The van der Waals surface area contributed by atoms with Crippen LogP contribution in [0, 0.1) is 6.92 Å². The Morgan fingerprint density at radius 3 is 2.63 bits per heavy atom. The van der Waals surface area contributed by atoms with Crippen LogP contribution in [-0.2, 0) is 11.3 Å². The van der Waals surface area contributed by atoms with Gasteiger partial charge in [0, 0.05) is 16.3 Å². The van der Waals surface area contributed by atoms with E-state index < -0.39 is 0 Å². The molecular weight excluding hydrogens is 360 g/mol. The molecule has 0 aliphatic heterocycles. The highest BCUT2D eigenvalue weighted by Crippen LogP contribution is 2.23. The maximum absolute atomic E-state index is 12.4. The summed E-state index contributed by atoms with van der Waals surface area (Å²) in [4.78, 5) is 13.5. The number of fused-ring (bicyclic) bond motifs is 1. The van der Waals surface area contributed by atoms with Crippen molar-refractivity contribution >= 4 is 34.0 Å². The molecule has 0 radical (unpaired) electrons. The third-order valence-corrected chi connectivity index (χ3v) is 5.03. The van der Waals surface area contributed by atoms with Gasteiger partial charge < -0.3 is 15.0 Å². The average molecular weight is 384 g/mol. The predicted octanol–water partition coefficient (Wildman–Crippen LogP) is 3.46. The topological polar surface area (TPSA) is 42.8 Å². The molecule has 0 aliphatic rings. The Labute approximate surface area is 164 Å². The number of carbonyl (C=O) groups is 1. The van der Waals surface area contributed by atoms with Crippen molar-refractivity contribution in [1.82, 2.24) is 0 Å². The molecule has 0 aliphatic carbocycles. The summed E-state index contributed by atoms with van der Waals surface area (Å²) in [6, 6.07) is 17.9. The Bertz CT molecular complexity index is 972. The zero-order valence-corrected chi connectivity index (χ0v) is 16.6. The van der Waals surface area contributed by atoms with Crippen LogP contribution in [0.5, 0.6) is 5.75 Å². The van der Waals surface area contributed by atoms with Gasteiger partial charge in [0.05, 0.1) is 14.2 Å². The number of ether oxygens (including phenoxy) is 1. The van der Waals surface area contributed by atoms with E-state index in [9.17, 15) is 4.79 Å². The number of likely N-dealkylation sites (N-methyl/N-ethyl adjacent to an activating group) is 1. The lowest BCUT2D eigenvalue weighted by molar-refractivity contribution is -0.885. The maximum Gasteiger partial charge on any atom is 0.279 e. The van der Waals surface area contributed by atoms with Crippen molar-refractivity contribution in [2.24, 2.45) is 0 Å². The number of quaternary nitrogens is 1. The molecule has 0 fully saturated rings. The zero-order chi connectivity index (χ0) is 19.4. The van der Waals surface area contributed by atoms with E-state index in [1.807, 2.05) is 44.3 Å². The number of anilines is 1. The molecule has 1 amide bonds. The summed E-state index contributed by atoms with van der Waals surface area (Å²) in [5.41, 5.74) is 2.84. The highest BCUT2D eigenvalue weighted by Gasteiger charge is 2.13. The lowest BCUT2D eigenvalue weighted by Gasteiger charge is -2.15. The van der Waals surface area contributed by atoms with Crippen LogP contribution in [0.2, 0.25) is 5.02 Å². The average Bonchev–Trinajstić information content (AvgIpc) is 2.64. The monoisotopic (exact) mass is 383 g/mol. The molecule has 0 saturated heterocycles. The van der Waals surface area contributed by atoms with Crippen LogP contribution in [0.3, 0.4) is 0 Å². The van der Waals surface area contributed by atoms with Gasteiger partial charge in [-0.3, -0.25) is 4.79 Å². The standard InChI is InChI=1S/C22H23ClN2O2/c1-15-20(23)5-4-6-21(15)24-22(26)14-25(2)13-16-7-8-18-12-19(27-3)10-9-17(18)11-16/h4-12H,13-14H2,1-3H3,(H,24,26)/p+1. The molecule has 4 nitrogen and oxygen atoms in total. The van der Waals surface area contributed by atoms with E-state index in [-0.39, 0.29) is 5.91 Å². The van der Waals surface area contributed by atoms with Gasteiger partial charge in [-0.05, 0) is 53.6 Å². The molecule has 3 aromatic carbocycles. The van der Waals surface area contributed by atoms with Crippen molar-refractivity contribution in [2.75, 3.05) is 26.0 Å². The first-order valence-electron chi connectivity index (χ1n) is 8.89. The molecule has 0 spiro atoms. The molecule has 1 unspecified atom stereocenters. The largest absolute Gasteiger partial charge is 0.497 e. The number of hydrogen-bond acceptors (Lipinski definition) is 2. The molecule has 5 heteroatoms. The van der Waals surface area contributed by atoms with Crippen molar-refractivity contribution in [2.45, 2.75) is 13.5 Å². The van der Waals surface area contributed by atoms with Gasteiger partial charge in [-0.25, -0.2) is 0 Å². The predicted molar refractivity (Wildman–Crippen MR) is 111 cm³/mol. The number of amides is 1. The van der Waals surface area contributed by atoms with Gasteiger partial charge in [-0.15, -0.1) is 0 Å². The Morgan fingerprint density at radius 2 is 1.85 bits per heavy atom. The highest BCUT2D eigenvalue weighted by molar-refractivity contribution is 6.31. The van der Waals surface area contributed by atoms with Gasteiger partial charge >= 0.3 is 0 Å². The lowest BCUT2D eigenvalue weighted by atomic mass is 10.1. The molecule has 0 saturated carbocycles. The first-order valence-corrected chi connectivity index (χ1v) is 9.27. The Balaban J connectivity index is 1.63. The first kappa shape index (κ1) is 19.2. The normalized spacial score (nSPS) is 12.0. The maximum atomic E-state index is 12.4. The molecule has 0 heterocycles. The molecule has 3 rings (SSSR count). The number of carbonyl (C=O) groups excluding carboxylic acids is 1. The minimum absolute atomic E-state index is 0.0246. The summed E-state index contributed by atoms with van der Waals surface area (Å²) in [5, 5.41) is 5.92. The van der Waals surface area contributed by atoms with Crippen LogP contribution in [0.1, 0.15) is 11.1 Å². The molecular formula is C22H24ClN2O2+. The summed E-state index contributed by atoms with van der Waals surface area (Å²) in [6.07, 6.45) is 0. The summed E-state index contributed by atoms with van der Waals surface area (Å²) in [5.74, 6) is 0.828. The van der Waals surface area contributed by atoms with Crippen molar-refractivity contribution < 1.29 is 14.4 Å². The van der Waals surface area contributed by atoms with Crippen LogP contribution in [0.4, 0.5) is 5.69 Å². The van der Waals surface area contributed by atoms with E-state index in [0.29, 0.717) is 11.6 Å². The summed E-state index contributed by atoms with van der Waals surface area (Å²) in [6.45, 7) is 3.05. The van der Waals surface area contributed by atoms with Gasteiger partial charge in [0.1, 0.15) is 12.3 Å². The van der Waals surface area contributed by atoms with Crippen LogP contribution >= 0.6 is 11.6 Å². The second-order valence-corrected chi connectivity index (χ2v) is 7.23. The van der Waals surface area contributed by atoms with Crippen LogP contribution in [0.25, 0.3) is 10.8 Å². The SMILES string of the molecule is COc1ccc2cc(C[NH+](C)CC(=O)Nc3cccc(Cl)c3C)ccc2c1. The third kappa shape index (κ3) is 4.79. The van der Waals surface area contributed by atoms with Crippen molar-refractivity contribution in [3.63, 3.8) is 0 Å². The Kier molecular flexibility index (Phi) is 5.99. The fourth-order valence-electron chi connectivity index (χ4n) is 3.13. The summed E-state index contributed by atoms with van der Waals surface area (Å²) in [7, 11) is 3.69. The molecule has 3 aromatic rings. The third-order valence-electron chi connectivity index (χ3n) is 4.62. The number of halogens is 1. The minimum atomic E-state index is -0.0246. The molecule has 2 N–H and O–H groups in total. The van der Waals surface area contributed by atoms with Gasteiger partial charge in [0.15, 0.2) is 6.54 Å². The number of methoxy groups -OCH3 is 1. The molecule has 1 atom stereocenters. The number of benzene rings is 3. The van der Waals surface area contributed by atoms with Crippen LogP contribution in [-0.4, -0.2) is 26.6 Å². The first-order chi connectivity index (χ1) is 13.0. The highest BCUT2D eigenvalue weighted by atomic mass is 35.5. The molecule has 27 heavy (non-hydrogen) atoms. The second kappa shape index (κ2) is 8.42. The molecule has 0 bridgehead atoms. The number of hydrogen-bond donors (Lipinski definition) is 2. The van der Waals surface area contributed by atoms with E-state index in [2.05, 4.69) is 29.6 Å². The van der Waals surface area contributed by atoms with E-state index in [1.165, 1.54) is 10.9 Å². The summed E-state index contributed by atoms with van der Waals surface area (Å²) < 4.78 is 5.27. The smallest absolute Gasteiger partial charge is 0.279 e. The zero-order valence-electron chi connectivity index (χ0n) is 15.8. The molecule has 140 valence electrons. The molecule has 0 aromatic heterocycles. The van der Waals surface area contributed by atoms with E-state index >= 15 is 0 Å². The van der Waals surface area contributed by atoms with Gasteiger partial charge in [0.25, 0.3) is 5.91 Å². The van der Waals surface area contributed by atoms with Gasteiger partial charge in [-0.1, -0.05) is 35.9 Å². The van der Waals surface area contributed by atoms with E-state index in [4.69, 9.17) is 16.3 Å². The summed E-state index contributed by atoms with van der Waals surface area (Å²) >= 11 is 6.11. The van der Waals surface area contributed by atoms with Gasteiger partial charge in [0.2, 0.25) is 0 Å². The fourth-order valence-corrected chi connectivity index (χ4v) is 3.31. The lowest BCUT2D eigenvalue weighted by Crippen LogP contribution is -3.08. The van der Waals surface area contributed by atoms with Crippen LogP contribution in [0.15, 0.2) is 54.6 Å². The Morgan fingerprint density at radius 1 is 1.11 bits per heavy atom. The minimum Gasteiger partial charge on any atom is -0.497 e. The van der Waals surface area contributed by atoms with Crippen molar-refractivity contribution in [3.05, 3.63) is 70.7 Å². The second-order valence-electron chi connectivity index (χ2n) is 6.82. The van der Waals surface area contributed by atoms with E-state index in [0.717, 1.165) is 33.8 Å². The number of rotatable bonds is 6. The Hall–Kier alpha value is -2.56. The van der Waals surface area contributed by atoms with E-state index in [1.54, 1.807) is 7.11 Å².